The Morgan fingerprint density at radius 3 is 3.10 bits per heavy atom. The number of rotatable bonds is 3. The second-order valence-electron chi connectivity index (χ2n) is 4.40. The molecule has 0 bridgehead atoms. The molecule has 3 rings (SSSR count). The van der Waals surface area contributed by atoms with Gasteiger partial charge < -0.3 is 14.2 Å². The number of halogens is 2. The van der Waals surface area contributed by atoms with E-state index in [1.165, 1.54) is 22.7 Å². The van der Waals surface area contributed by atoms with Gasteiger partial charge in [-0.2, -0.15) is 4.98 Å². The van der Waals surface area contributed by atoms with Gasteiger partial charge in [0.05, 0.1) is 23.6 Å². The summed E-state index contributed by atoms with van der Waals surface area (Å²) in [5.41, 5.74) is 0.0451. The monoisotopic (exact) mass is 315 g/mol. The SMILES string of the molecule is O=C(c1ccsc1C(F)F)N1CCOC(c2ncon2)C1. The van der Waals surface area contributed by atoms with Crippen molar-refractivity contribution in [1.82, 2.24) is 15.0 Å². The first kappa shape index (κ1) is 14.1. The van der Waals surface area contributed by atoms with Crippen molar-refractivity contribution in [2.75, 3.05) is 19.7 Å². The van der Waals surface area contributed by atoms with E-state index < -0.39 is 18.4 Å². The summed E-state index contributed by atoms with van der Waals surface area (Å²) in [6.45, 7) is 0.835. The van der Waals surface area contributed by atoms with E-state index in [2.05, 4.69) is 14.7 Å². The summed E-state index contributed by atoms with van der Waals surface area (Å²) in [6, 6.07) is 1.42. The normalized spacial score (nSPS) is 19.2. The van der Waals surface area contributed by atoms with Crippen molar-refractivity contribution in [3.05, 3.63) is 34.1 Å². The number of hydrogen-bond donors (Lipinski definition) is 0. The molecule has 1 aliphatic rings. The van der Waals surface area contributed by atoms with Crippen molar-refractivity contribution in [3.8, 4) is 0 Å². The second-order valence-corrected chi connectivity index (χ2v) is 5.35. The summed E-state index contributed by atoms with van der Waals surface area (Å²) in [5, 5.41) is 5.17. The Morgan fingerprint density at radius 2 is 2.38 bits per heavy atom. The van der Waals surface area contributed by atoms with E-state index in [0.717, 1.165) is 11.3 Å². The lowest BCUT2D eigenvalue weighted by Gasteiger charge is -2.31. The van der Waals surface area contributed by atoms with Crippen LogP contribution in [-0.4, -0.2) is 40.6 Å². The van der Waals surface area contributed by atoms with Gasteiger partial charge >= 0.3 is 0 Å². The van der Waals surface area contributed by atoms with Crippen molar-refractivity contribution in [3.63, 3.8) is 0 Å². The van der Waals surface area contributed by atoms with E-state index in [1.54, 1.807) is 0 Å². The Hall–Kier alpha value is -1.87. The fourth-order valence-corrected chi connectivity index (χ4v) is 2.88. The molecule has 21 heavy (non-hydrogen) atoms. The number of aromatic nitrogens is 2. The third kappa shape index (κ3) is 2.79. The molecule has 1 saturated heterocycles. The first-order valence-electron chi connectivity index (χ1n) is 6.19. The summed E-state index contributed by atoms with van der Waals surface area (Å²) in [5.74, 6) is -0.0877. The number of ether oxygens (including phenoxy) is 1. The molecule has 1 atom stereocenters. The van der Waals surface area contributed by atoms with Crippen molar-refractivity contribution < 1.29 is 22.8 Å². The molecular weight excluding hydrogens is 304 g/mol. The van der Waals surface area contributed by atoms with Crippen LogP contribution in [0.2, 0.25) is 0 Å². The van der Waals surface area contributed by atoms with E-state index in [1.807, 2.05) is 0 Å². The molecule has 2 aromatic rings. The number of nitrogens with zero attached hydrogens (tertiary/aromatic N) is 3. The summed E-state index contributed by atoms with van der Waals surface area (Å²) < 4.78 is 35.9. The van der Waals surface area contributed by atoms with Crippen LogP contribution >= 0.6 is 11.3 Å². The van der Waals surface area contributed by atoms with Gasteiger partial charge in [0.15, 0.2) is 0 Å². The molecular formula is C12H11F2N3O3S. The number of alkyl halides is 2. The van der Waals surface area contributed by atoms with Gasteiger partial charge in [-0.1, -0.05) is 5.16 Å². The van der Waals surface area contributed by atoms with Crippen LogP contribution < -0.4 is 0 Å². The van der Waals surface area contributed by atoms with E-state index in [-0.39, 0.29) is 17.0 Å². The average Bonchev–Trinajstić information content (AvgIpc) is 3.17. The molecule has 1 unspecified atom stereocenters. The zero-order valence-corrected chi connectivity index (χ0v) is 11.6. The molecule has 3 heterocycles. The van der Waals surface area contributed by atoms with E-state index in [0.29, 0.717) is 19.0 Å². The summed E-state index contributed by atoms with van der Waals surface area (Å²) >= 11 is 0.880. The Morgan fingerprint density at radius 1 is 1.52 bits per heavy atom. The van der Waals surface area contributed by atoms with Crippen LogP contribution in [0, 0.1) is 0 Å². The number of carbonyl (C=O) groups is 1. The zero-order chi connectivity index (χ0) is 14.8. The summed E-state index contributed by atoms with van der Waals surface area (Å²) in [6.07, 6.45) is -1.99. The predicted octanol–water partition coefficient (Wildman–Crippen LogP) is 2.28. The quantitative estimate of drug-likeness (QED) is 0.869. The first-order chi connectivity index (χ1) is 10.2. The lowest BCUT2D eigenvalue weighted by molar-refractivity contribution is -0.0277. The molecule has 1 fully saturated rings. The van der Waals surface area contributed by atoms with Gasteiger partial charge in [0.1, 0.15) is 6.10 Å². The van der Waals surface area contributed by atoms with Crippen LogP contribution in [0.1, 0.15) is 33.6 Å². The third-order valence-electron chi connectivity index (χ3n) is 3.14. The molecule has 6 nitrogen and oxygen atoms in total. The first-order valence-corrected chi connectivity index (χ1v) is 7.07. The van der Waals surface area contributed by atoms with Gasteiger partial charge in [-0.15, -0.1) is 11.3 Å². The van der Waals surface area contributed by atoms with Gasteiger partial charge in [0.2, 0.25) is 12.2 Å². The maximum atomic E-state index is 12.9. The molecule has 0 spiro atoms. The van der Waals surface area contributed by atoms with Crippen molar-refractivity contribution >= 4 is 17.2 Å². The van der Waals surface area contributed by atoms with Gasteiger partial charge in [0, 0.05) is 6.54 Å². The van der Waals surface area contributed by atoms with Crippen LogP contribution in [0.15, 0.2) is 22.4 Å². The van der Waals surface area contributed by atoms with E-state index in [4.69, 9.17) is 4.74 Å². The van der Waals surface area contributed by atoms with Gasteiger partial charge in [-0.05, 0) is 11.4 Å². The highest BCUT2D eigenvalue weighted by Gasteiger charge is 2.31. The molecule has 0 saturated carbocycles. The van der Waals surface area contributed by atoms with Crippen LogP contribution in [0.5, 0.6) is 0 Å². The molecule has 1 amide bonds. The highest BCUT2D eigenvalue weighted by atomic mass is 32.1. The number of amides is 1. The maximum absolute atomic E-state index is 12.9. The highest BCUT2D eigenvalue weighted by Crippen LogP contribution is 2.30. The minimum Gasteiger partial charge on any atom is -0.366 e. The van der Waals surface area contributed by atoms with Crippen LogP contribution in [-0.2, 0) is 4.74 Å². The molecule has 0 aromatic carbocycles. The minimum absolute atomic E-state index is 0.0451. The van der Waals surface area contributed by atoms with Gasteiger partial charge in [-0.25, -0.2) is 8.78 Å². The van der Waals surface area contributed by atoms with Gasteiger partial charge in [0.25, 0.3) is 12.3 Å². The smallest absolute Gasteiger partial charge is 0.273 e. The van der Waals surface area contributed by atoms with E-state index in [9.17, 15) is 13.6 Å². The maximum Gasteiger partial charge on any atom is 0.273 e. The predicted molar refractivity (Wildman–Crippen MR) is 68.2 cm³/mol. The lowest BCUT2D eigenvalue weighted by atomic mass is 10.2. The fraction of sp³-hybridized carbons (Fsp3) is 0.417. The van der Waals surface area contributed by atoms with Crippen molar-refractivity contribution in [1.29, 1.82) is 0 Å². The van der Waals surface area contributed by atoms with Crippen LogP contribution in [0.4, 0.5) is 8.78 Å². The summed E-state index contributed by atoms with van der Waals surface area (Å²) in [4.78, 5) is 17.5. The fourth-order valence-electron chi connectivity index (χ4n) is 2.15. The standard InChI is InChI=1S/C12H11F2N3O3S/c13-10(14)9-7(1-4-21-9)12(18)17-2-3-19-8(5-17)11-15-6-20-16-11/h1,4,6,8,10H,2-3,5H2. The Balaban J connectivity index is 1.77. The average molecular weight is 315 g/mol. The Labute approximate surface area is 122 Å². The van der Waals surface area contributed by atoms with E-state index >= 15 is 0 Å². The molecule has 1 aliphatic heterocycles. The molecule has 0 aliphatic carbocycles. The Kier molecular flexibility index (Phi) is 3.93. The molecule has 0 N–H and O–H groups in total. The number of thiophene rings is 1. The number of morpholine rings is 1. The molecule has 112 valence electrons. The Bertz CT molecular complexity index is 617. The van der Waals surface area contributed by atoms with Crippen molar-refractivity contribution in [2.24, 2.45) is 0 Å². The third-order valence-corrected chi connectivity index (χ3v) is 4.07. The molecule has 2 aromatic heterocycles. The summed E-state index contributed by atoms with van der Waals surface area (Å²) in [7, 11) is 0. The van der Waals surface area contributed by atoms with Gasteiger partial charge in [-0.3, -0.25) is 4.79 Å². The largest absolute Gasteiger partial charge is 0.366 e. The minimum atomic E-state index is -2.65. The van der Waals surface area contributed by atoms with Crippen LogP contribution in [0.3, 0.4) is 0 Å². The number of carbonyl (C=O) groups excluding carboxylic acids is 1. The molecule has 0 radical (unpaired) electrons. The van der Waals surface area contributed by atoms with Crippen LogP contribution in [0.25, 0.3) is 0 Å². The zero-order valence-electron chi connectivity index (χ0n) is 10.7. The lowest BCUT2D eigenvalue weighted by Crippen LogP contribution is -2.42. The topological polar surface area (TPSA) is 68.5 Å². The number of hydrogen-bond acceptors (Lipinski definition) is 6. The highest BCUT2D eigenvalue weighted by molar-refractivity contribution is 7.10. The second kappa shape index (κ2) is 5.86. The van der Waals surface area contributed by atoms with Crippen molar-refractivity contribution in [2.45, 2.75) is 12.5 Å². The molecule has 9 heteroatoms.